The Balaban J connectivity index is 1.22. The van der Waals surface area contributed by atoms with Gasteiger partial charge in [0.05, 0.1) is 11.1 Å². The molecule has 2 amide bonds. The maximum Gasteiger partial charge on any atom is 0.259 e. The molecule has 1 aromatic carbocycles. The first-order chi connectivity index (χ1) is 15.5. The SMILES string of the molecule is NC(=O)c1cccc(CCNC(=O)CCSCc2nc3sc4c(c3c(=O)[nH]2)CCCC4)c1. The second-order valence-corrected chi connectivity index (χ2v) is 10.1. The van der Waals surface area contributed by atoms with Crippen molar-refractivity contribution in [2.45, 2.75) is 44.3 Å². The van der Waals surface area contributed by atoms with Gasteiger partial charge in [0.1, 0.15) is 10.7 Å². The summed E-state index contributed by atoms with van der Waals surface area (Å²) in [6.45, 7) is 0.500. The largest absolute Gasteiger partial charge is 0.366 e. The van der Waals surface area contributed by atoms with Gasteiger partial charge in [0.2, 0.25) is 11.8 Å². The molecule has 0 radical (unpaired) electrons. The van der Waals surface area contributed by atoms with Crippen LogP contribution in [-0.4, -0.2) is 34.1 Å². The van der Waals surface area contributed by atoms with Crippen LogP contribution in [0.3, 0.4) is 0 Å². The van der Waals surface area contributed by atoms with Crippen molar-refractivity contribution in [2.75, 3.05) is 12.3 Å². The number of aromatic nitrogens is 2. The number of thiophene rings is 1. The number of aryl methyl sites for hydroxylation is 2. The second kappa shape index (κ2) is 10.3. The molecule has 1 aliphatic carbocycles. The number of hydrogen-bond donors (Lipinski definition) is 3. The molecule has 0 saturated heterocycles. The van der Waals surface area contributed by atoms with Gasteiger partial charge in [-0.25, -0.2) is 4.98 Å². The average molecular weight is 471 g/mol. The van der Waals surface area contributed by atoms with Crippen LogP contribution in [0, 0.1) is 0 Å². The van der Waals surface area contributed by atoms with Crippen molar-refractivity contribution in [2.24, 2.45) is 5.73 Å². The summed E-state index contributed by atoms with van der Waals surface area (Å²) in [7, 11) is 0. The van der Waals surface area contributed by atoms with E-state index in [1.165, 1.54) is 16.9 Å². The summed E-state index contributed by atoms with van der Waals surface area (Å²) in [6.07, 6.45) is 5.37. The lowest BCUT2D eigenvalue weighted by Crippen LogP contribution is -2.26. The van der Waals surface area contributed by atoms with E-state index in [1.807, 2.05) is 6.07 Å². The lowest BCUT2D eigenvalue weighted by molar-refractivity contribution is -0.120. The Hall–Kier alpha value is -2.65. The van der Waals surface area contributed by atoms with Gasteiger partial charge in [0, 0.05) is 29.2 Å². The molecule has 0 unspecified atom stereocenters. The number of rotatable bonds is 9. The summed E-state index contributed by atoms with van der Waals surface area (Å²) in [4.78, 5) is 45.7. The summed E-state index contributed by atoms with van der Waals surface area (Å²) in [5, 5.41) is 3.68. The number of nitrogens with two attached hydrogens (primary N) is 1. The molecular weight excluding hydrogens is 444 g/mol. The van der Waals surface area contributed by atoms with Crippen LogP contribution in [0.5, 0.6) is 0 Å². The lowest BCUT2D eigenvalue weighted by atomic mass is 9.97. The minimum absolute atomic E-state index is 0.0219. The van der Waals surface area contributed by atoms with Crippen LogP contribution in [0.15, 0.2) is 29.1 Å². The Morgan fingerprint density at radius 2 is 2.09 bits per heavy atom. The maximum absolute atomic E-state index is 12.6. The molecule has 9 heteroatoms. The molecule has 7 nitrogen and oxygen atoms in total. The van der Waals surface area contributed by atoms with Gasteiger partial charge in [0.25, 0.3) is 5.56 Å². The number of nitrogens with zero attached hydrogens (tertiary/aromatic N) is 1. The highest BCUT2D eigenvalue weighted by Crippen LogP contribution is 2.33. The number of carbonyl (C=O) groups is 2. The van der Waals surface area contributed by atoms with Gasteiger partial charge in [-0.15, -0.1) is 11.3 Å². The molecule has 0 fully saturated rings. The normalized spacial score (nSPS) is 13.1. The number of fused-ring (bicyclic) bond motifs is 3. The fourth-order valence-corrected chi connectivity index (χ4v) is 6.01. The number of hydrogen-bond acceptors (Lipinski definition) is 6. The zero-order chi connectivity index (χ0) is 22.5. The highest BCUT2D eigenvalue weighted by atomic mass is 32.2. The van der Waals surface area contributed by atoms with Crippen molar-refractivity contribution in [3.8, 4) is 0 Å². The predicted molar refractivity (Wildman–Crippen MR) is 129 cm³/mol. The van der Waals surface area contributed by atoms with Crippen molar-refractivity contribution in [1.82, 2.24) is 15.3 Å². The van der Waals surface area contributed by atoms with E-state index in [2.05, 4.69) is 15.3 Å². The number of amides is 2. The molecule has 168 valence electrons. The number of primary amides is 1. The van der Waals surface area contributed by atoms with Gasteiger partial charge in [-0.05, 0) is 55.4 Å². The molecule has 32 heavy (non-hydrogen) atoms. The number of aromatic amines is 1. The predicted octanol–water partition coefficient (Wildman–Crippen LogP) is 2.94. The van der Waals surface area contributed by atoms with Crippen molar-refractivity contribution in [1.29, 1.82) is 0 Å². The van der Waals surface area contributed by atoms with E-state index in [9.17, 15) is 14.4 Å². The highest BCUT2D eigenvalue weighted by Gasteiger charge is 2.19. The third-order valence-electron chi connectivity index (χ3n) is 5.53. The first-order valence-electron chi connectivity index (χ1n) is 10.8. The molecule has 0 spiro atoms. The molecule has 2 heterocycles. The molecule has 2 aromatic heterocycles. The van der Waals surface area contributed by atoms with Crippen molar-refractivity contribution < 1.29 is 9.59 Å². The first-order valence-corrected chi connectivity index (χ1v) is 12.7. The molecule has 0 bridgehead atoms. The van der Waals surface area contributed by atoms with E-state index in [-0.39, 0.29) is 11.5 Å². The Morgan fingerprint density at radius 1 is 1.25 bits per heavy atom. The fraction of sp³-hybridized carbons (Fsp3) is 0.391. The van der Waals surface area contributed by atoms with Crippen LogP contribution in [0.25, 0.3) is 10.2 Å². The smallest absolute Gasteiger partial charge is 0.259 e. The van der Waals surface area contributed by atoms with E-state index in [0.717, 1.165) is 35.0 Å². The molecule has 3 aromatic rings. The number of carbonyl (C=O) groups excluding carboxylic acids is 2. The fourth-order valence-electron chi connectivity index (χ4n) is 3.93. The van der Waals surface area contributed by atoms with E-state index >= 15 is 0 Å². The topological polar surface area (TPSA) is 118 Å². The molecule has 4 N–H and O–H groups in total. The summed E-state index contributed by atoms with van der Waals surface area (Å²) < 4.78 is 0. The number of nitrogens with one attached hydrogen (secondary N) is 2. The van der Waals surface area contributed by atoms with Crippen LogP contribution in [0.2, 0.25) is 0 Å². The molecule has 0 saturated carbocycles. The summed E-state index contributed by atoms with van der Waals surface area (Å²) in [5.74, 6) is 1.40. The van der Waals surface area contributed by atoms with E-state index in [4.69, 9.17) is 5.73 Å². The van der Waals surface area contributed by atoms with Crippen molar-refractivity contribution in [3.63, 3.8) is 0 Å². The van der Waals surface area contributed by atoms with E-state index in [0.29, 0.717) is 42.3 Å². The first kappa shape index (κ1) is 22.5. The van der Waals surface area contributed by atoms with Crippen LogP contribution in [-0.2, 0) is 29.8 Å². The molecule has 1 aliphatic rings. The van der Waals surface area contributed by atoms with Gasteiger partial charge in [-0.3, -0.25) is 14.4 Å². The van der Waals surface area contributed by atoms with Gasteiger partial charge >= 0.3 is 0 Å². The Bertz CT molecular complexity index is 1200. The molecule has 0 atom stereocenters. The third kappa shape index (κ3) is 5.39. The van der Waals surface area contributed by atoms with Crippen molar-refractivity contribution in [3.05, 3.63) is 62.0 Å². The van der Waals surface area contributed by atoms with Crippen LogP contribution >= 0.6 is 23.1 Å². The van der Waals surface area contributed by atoms with Crippen LogP contribution in [0.1, 0.15) is 51.4 Å². The van der Waals surface area contributed by atoms with E-state index < -0.39 is 5.91 Å². The number of benzene rings is 1. The number of H-pyrrole nitrogens is 1. The summed E-state index contributed by atoms with van der Waals surface area (Å²) >= 11 is 3.23. The molecule has 0 aliphatic heterocycles. The average Bonchev–Trinajstić information content (AvgIpc) is 3.16. The van der Waals surface area contributed by atoms with Gasteiger partial charge in [-0.1, -0.05) is 12.1 Å². The minimum atomic E-state index is -0.457. The van der Waals surface area contributed by atoms with Crippen LogP contribution < -0.4 is 16.6 Å². The minimum Gasteiger partial charge on any atom is -0.366 e. The third-order valence-corrected chi connectivity index (χ3v) is 7.69. The highest BCUT2D eigenvalue weighted by molar-refractivity contribution is 7.98. The second-order valence-electron chi connectivity index (χ2n) is 7.87. The van der Waals surface area contributed by atoms with E-state index in [1.54, 1.807) is 41.3 Å². The van der Waals surface area contributed by atoms with Crippen molar-refractivity contribution >= 4 is 45.1 Å². The Labute approximate surface area is 194 Å². The monoisotopic (exact) mass is 470 g/mol. The number of thioether (sulfide) groups is 1. The summed E-state index contributed by atoms with van der Waals surface area (Å²) in [6, 6.07) is 7.12. The van der Waals surface area contributed by atoms with Gasteiger partial charge in [-0.2, -0.15) is 11.8 Å². The summed E-state index contributed by atoms with van der Waals surface area (Å²) in [5.41, 5.74) is 7.88. The van der Waals surface area contributed by atoms with Gasteiger partial charge in [0.15, 0.2) is 0 Å². The Morgan fingerprint density at radius 3 is 2.94 bits per heavy atom. The Kier molecular flexibility index (Phi) is 7.26. The zero-order valence-electron chi connectivity index (χ0n) is 17.7. The zero-order valence-corrected chi connectivity index (χ0v) is 19.4. The van der Waals surface area contributed by atoms with Gasteiger partial charge < -0.3 is 16.0 Å². The standard InChI is InChI=1S/C23H26N4O3S2/c24-21(29)15-5-3-4-14(12-15)8-10-25-19(28)9-11-31-13-18-26-22(30)20-16-6-1-2-7-17(16)32-23(20)27-18/h3-5,12H,1-2,6-11,13H2,(H2,24,29)(H,25,28)(H,26,27,30). The molecule has 4 rings (SSSR count). The lowest BCUT2D eigenvalue weighted by Gasteiger charge is -2.09. The quantitative estimate of drug-likeness (QED) is 0.416. The maximum atomic E-state index is 12.6. The molecular formula is C23H26N4O3S2. The van der Waals surface area contributed by atoms with Crippen LogP contribution in [0.4, 0.5) is 0 Å².